The van der Waals surface area contributed by atoms with Crippen molar-refractivity contribution < 1.29 is 0 Å². The smallest absolute Gasteiger partial charge is 0.124 e. The maximum Gasteiger partial charge on any atom is 0.124 e. The van der Waals surface area contributed by atoms with Crippen molar-refractivity contribution in [2.75, 3.05) is 6.54 Å². The number of hydrogen-bond donors (Lipinski definition) is 2. The Hall–Kier alpha value is -1.42. The molecule has 2 aromatic rings. The maximum absolute atomic E-state index is 4.59. The van der Waals surface area contributed by atoms with Gasteiger partial charge in [0.05, 0.1) is 23.3 Å². The second-order valence-corrected chi connectivity index (χ2v) is 4.21. The van der Waals surface area contributed by atoms with E-state index in [0.29, 0.717) is 12.0 Å². The maximum atomic E-state index is 4.59. The lowest BCUT2D eigenvalue weighted by Crippen LogP contribution is -2.17. The first-order valence-electron chi connectivity index (χ1n) is 5.37. The summed E-state index contributed by atoms with van der Waals surface area (Å²) in [4.78, 5) is 12.0. The van der Waals surface area contributed by atoms with E-state index >= 15 is 0 Å². The molecule has 0 amide bonds. The van der Waals surface area contributed by atoms with E-state index in [1.54, 1.807) is 6.20 Å². The minimum atomic E-state index is 0.373. The minimum absolute atomic E-state index is 0.373. The number of imidazole rings is 1. The monoisotopic (exact) mass is 202 g/mol. The minimum Gasteiger partial charge on any atom is -0.339 e. The van der Waals surface area contributed by atoms with Gasteiger partial charge in [-0.1, -0.05) is 6.92 Å². The van der Waals surface area contributed by atoms with Crippen LogP contribution in [0.3, 0.4) is 0 Å². The lowest BCUT2D eigenvalue weighted by Gasteiger charge is -2.11. The molecule has 3 rings (SSSR count). The standard InChI is InChI=1S/C11H14N4/c1-7-2-5-13-10(7)11-14-8-3-4-12-6-9(8)15-11/h3-4,6-7,10,13H,2,5H2,1H3,(H,14,15). The number of fused-ring (bicyclic) bond motifs is 1. The van der Waals surface area contributed by atoms with Crippen LogP contribution in [0.5, 0.6) is 0 Å². The van der Waals surface area contributed by atoms with Crippen molar-refractivity contribution >= 4 is 11.0 Å². The number of nitrogens with zero attached hydrogens (tertiary/aromatic N) is 2. The van der Waals surface area contributed by atoms with E-state index in [4.69, 9.17) is 0 Å². The van der Waals surface area contributed by atoms with Gasteiger partial charge >= 0.3 is 0 Å². The molecule has 0 spiro atoms. The number of aromatic amines is 1. The van der Waals surface area contributed by atoms with Crippen molar-refractivity contribution in [2.24, 2.45) is 5.92 Å². The van der Waals surface area contributed by atoms with Gasteiger partial charge in [0.25, 0.3) is 0 Å². The van der Waals surface area contributed by atoms with Gasteiger partial charge in [-0.15, -0.1) is 0 Å². The van der Waals surface area contributed by atoms with Crippen LogP contribution in [0.25, 0.3) is 11.0 Å². The van der Waals surface area contributed by atoms with Crippen LogP contribution >= 0.6 is 0 Å². The van der Waals surface area contributed by atoms with Crippen LogP contribution in [0, 0.1) is 5.92 Å². The zero-order valence-corrected chi connectivity index (χ0v) is 8.70. The fraction of sp³-hybridized carbons (Fsp3) is 0.455. The Balaban J connectivity index is 2.04. The van der Waals surface area contributed by atoms with E-state index in [1.807, 2.05) is 12.3 Å². The number of hydrogen-bond acceptors (Lipinski definition) is 3. The third-order valence-electron chi connectivity index (χ3n) is 3.13. The quantitative estimate of drug-likeness (QED) is 0.739. The Morgan fingerprint density at radius 1 is 1.47 bits per heavy atom. The second-order valence-electron chi connectivity index (χ2n) is 4.21. The van der Waals surface area contributed by atoms with E-state index in [-0.39, 0.29) is 0 Å². The molecule has 4 heteroatoms. The molecular formula is C11H14N4. The lowest BCUT2D eigenvalue weighted by atomic mass is 10.0. The lowest BCUT2D eigenvalue weighted by molar-refractivity contribution is 0.484. The van der Waals surface area contributed by atoms with E-state index in [1.165, 1.54) is 6.42 Å². The third kappa shape index (κ3) is 1.41. The summed E-state index contributed by atoms with van der Waals surface area (Å²) in [6.45, 7) is 3.34. The highest BCUT2D eigenvalue weighted by Crippen LogP contribution is 2.28. The van der Waals surface area contributed by atoms with Crippen LogP contribution < -0.4 is 5.32 Å². The summed E-state index contributed by atoms with van der Waals surface area (Å²) < 4.78 is 0. The van der Waals surface area contributed by atoms with Crippen molar-refractivity contribution in [2.45, 2.75) is 19.4 Å². The van der Waals surface area contributed by atoms with Gasteiger partial charge in [0.2, 0.25) is 0 Å². The molecule has 1 aliphatic heterocycles. The molecule has 2 atom stereocenters. The topological polar surface area (TPSA) is 53.6 Å². The average molecular weight is 202 g/mol. The Kier molecular flexibility index (Phi) is 1.95. The predicted molar refractivity (Wildman–Crippen MR) is 58.4 cm³/mol. The van der Waals surface area contributed by atoms with E-state index in [9.17, 15) is 0 Å². The number of nitrogens with one attached hydrogen (secondary N) is 2. The van der Waals surface area contributed by atoms with Gasteiger partial charge in [-0.3, -0.25) is 4.98 Å². The molecule has 0 aromatic carbocycles. The van der Waals surface area contributed by atoms with Gasteiger partial charge in [-0.05, 0) is 24.9 Å². The number of rotatable bonds is 1. The zero-order chi connectivity index (χ0) is 10.3. The summed E-state index contributed by atoms with van der Waals surface area (Å²) in [6.07, 6.45) is 4.82. The van der Waals surface area contributed by atoms with Crippen LogP contribution in [0.1, 0.15) is 25.2 Å². The number of aromatic nitrogens is 3. The summed E-state index contributed by atoms with van der Waals surface area (Å²) in [5.74, 6) is 1.70. The summed E-state index contributed by atoms with van der Waals surface area (Å²) in [6, 6.07) is 2.31. The SMILES string of the molecule is CC1CCNC1c1nc2ccncc2[nH]1. The molecule has 0 saturated carbocycles. The van der Waals surface area contributed by atoms with Gasteiger partial charge in [0.1, 0.15) is 5.82 Å². The summed E-state index contributed by atoms with van der Waals surface area (Å²) in [5.41, 5.74) is 2.02. The summed E-state index contributed by atoms with van der Waals surface area (Å²) >= 11 is 0. The highest BCUT2D eigenvalue weighted by atomic mass is 15.0. The first kappa shape index (κ1) is 8.85. The fourth-order valence-corrected chi connectivity index (χ4v) is 2.22. The van der Waals surface area contributed by atoms with Gasteiger partial charge in [0.15, 0.2) is 0 Å². The van der Waals surface area contributed by atoms with Crippen LogP contribution in [-0.4, -0.2) is 21.5 Å². The molecule has 1 aliphatic rings. The molecule has 0 radical (unpaired) electrons. The first-order valence-corrected chi connectivity index (χ1v) is 5.37. The molecule has 0 bridgehead atoms. The van der Waals surface area contributed by atoms with E-state index < -0.39 is 0 Å². The van der Waals surface area contributed by atoms with Gasteiger partial charge < -0.3 is 10.3 Å². The van der Waals surface area contributed by atoms with Gasteiger partial charge in [-0.2, -0.15) is 0 Å². The van der Waals surface area contributed by atoms with Crippen LogP contribution in [-0.2, 0) is 0 Å². The molecule has 1 saturated heterocycles. The molecular weight excluding hydrogens is 188 g/mol. The highest BCUT2D eigenvalue weighted by molar-refractivity contribution is 5.73. The van der Waals surface area contributed by atoms with E-state index in [2.05, 4.69) is 27.2 Å². The molecule has 2 N–H and O–H groups in total. The average Bonchev–Trinajstić information content (AvgIpc) is 2.82. The van der Waals surface area contributed by atoms with Crippen molar-refractivity contribution in [1.29, 1.82) is 0 Å². The first-order chi connectivity index (χ1) is 7.34. The van der Waals surface area contributed by atoms with Crippen molar-refractivity contribution in [3.8, 4) is 0 Å². The summed E-state index contributed by atoms with van der Waals surface area (Å²) in [7, 11) is 0. The van der Waals surface area contributed by atoms with Gasteiger partial charge in [0, 0.05) is 6.20 Å². The molecule has 2 unspecified atom stereocenters. The largest absolute Gasteiger partial charge is 0.339 e. The molecule has 15 heavy (non-hydrogen) atoms. The van der Waals surface area contributed by atoms with Crippen LogP contribution in [0.2, 0.25) is 0 Å². The Bertz CT molecular complexity index is 443. The van der Waals surface area contributed by atoms with Gasteiger partial charge in [-0.25, -0.2) is 4.98 Å². The predicted octanol–water partition coefficient (Wildman–Crippen LogP) is 1.63. The molecule has 1 fully saturated rings. The zero-order valence-electron chi connectivity index (χ0n) is 8.70. The third-order valence-corrected chi connectivity index (χ3v) is 3.13. The summed E-state index contributed by atoms with van der Waals surface area (Å²) in [5, 5.41) is 3.47. The fourth-order valence-electron chi connectivity index (χ4n) is 2.22. The van der Waals surface area contributed by atoms with Crippen molar-refractivity contribution in [3.63, 3.8) is 0 Å². The van der Waals surface area contributed by atoms with Crippen molar-refractivity contribution in [1.82, 2.24) is 20.3 Å². The second kappa shape index (κ2) is 3.31. The molecule has 2 aromatic heterocycles. The van der Waals surface area contributed by atoms with Crippen molar-refractivity contribution in [3.05, 3.63) is 24.3 Å². The molecule has 0 aliphatic carbocycles. The molecule has 4 nitrogen and oxygen atoms in total. The van der Waals surface area contributed by atoms with Crippen LogP contribution in [0.15, 0.2) is 18.5 Å². The van der Waals surface area contributed by atoms with Crippen LogP contribution in [0.4, 0.5) is 0 Å². The Morgan fingerprint density at radius 2 is 2.40 bits per heavy atom. The highest BCUT2D eigenvalue weighted by Gasteiger charge is 2.26. The molecule has 78 valence electrons. The number of H-pyrrole nitrogens is 1. The Morgan fingerprint density at radius 3 is 3.13 bits per heavy atom. The Labute approximate surface area is 88.1 Å². The van der Waals surface area contributed by atoms with E-state index in [0.717, 1.165) is 23.4 Å². The number of pyridine rings is 1. The molecule has 3 heterocycles. The normalized spacial score (nSPS) is 26.2.